The normalized spacial score (nSPS) is 25.4. The Bertz CT molecular complexity index is 542. The molecule has 0 aliphatic carbocycles. The minimum absolute atomic E-state index is 0.0240. The topological polar surface area (TPSA) is 49.4 Å². The van der Waals surface area contributed by atoms with Crippen molar-refractivity contribution in [3.8, 4) is 0 Å². The van der Waals surface area contributed by atoms with Gasteiger partial charge in [-0.1, -0.05) is 19.1 Å². The van der Waals surface area contributed by atoms with Crippen LogP contribution in [0.2, 0.25) is 0 Å². The van der Waals surface area contributed by atoms with Crippen LogP contribution in [0.15, 0.2) is 29.2 Å². The first-order valence-electron chi connectivity index (χ1n) is 6.81. The predicted octanol–water partition coefficient (Wildman–Crippen LogP) is 1.62. The zero-order valence-electron chi connectivity index (χ0n) is 11.8. The van der Waals surface area contributed by atoms with Crippen molar-refractivity contribution < 1.29 is 8.42 Å². The summed E-state index contributed by atoms with van der Waals surface area (Å²) < 4.78 is 27.0. The molecule has 19 heavy (non-hydrogen) atoms. The molecule has 1 aromatic rings. The van der Waals surface area contributed by atoms with Gasteiger partial charge in [-0.15, -0.1) is 0 Å². The lowest BCUT2D eigenvalue weighted by molar-refractivity contribution is 0.233. The van der Waals surface area contributed by atoms with Gasteiger partial charge >= 0.3 is 0 Å². The van der Waals surface area contributed by atoms with Crippen LogP contribution in [0.1, 0.15) is 26.3 Å². The summed E-state index contributed by atoms with van der Waals surface area (Å²) in [4.78, 5) is 0.410. The van der Waals surface area contributed by atoms with Crippen LogP contribution < -0.4 is 5.32 Å². The molecule has 1 aliphatic heterocycles. The maximum Gasteiger partial charge on any atom is 0.243 e. The average Bonchev–Trinajstić information content (AvgIpc) is 2.41. The number of nitrogens with zero attached hydrogens (tertiary/aromatic N) is 1. The summed E-state index contributed by atoms with van der Waals surface area (Å²) in [5, 5.41) is 3.30. The number of benzene rings is 1. The Morgan fingerprint density at radius 2 is 2.11 bits per heavy atom. The maximum absolute atomic E-state index is 12.7. The lowest BCUT2D eigenvalue weighted by Crippen LogP contribution is -2.57. The van der Waals surface area contributed by atoms with E-state index in [1.165, 1.54) is 0 Å². The van der Waals surface area contributed by atoms with Gasteiger partial charge in [-0.05, 0) is 38.0 Å². The van der Waals surface area contributed by atoms with E-state index in [4.69, 9.17) is 0 Å². The van der Waals surface area contributed by atoms with Crippen molar-refractivity contribution in [2.75, 3.05) is 13.1 Å². The van der Waals surface area contributed by atoms with Gasteiger partial charge in [0.05, 0.1) is 4.90 Å². The molecule has 1 saturated heterocycles. The van der Waals surface area contributed by atoms with Crippen LogP contribution in [0, 0.1) is 0 Å². The van der Waals surface area contributed by atoms with E-state index in [-0.39, 0.29) is 12.1 Å². The SMILES string of the molecule is CCc1cccc(S(=O)(=O)N2CCNC(C)C2C)c1. The zero-order chi connectivity index (χ0) is 14.0. The smallest absolute Gasteiger partial charge is 0.243 e. The van der Waals surface area contributed by atoms with Crippen molar-refractivity contribution in [1.82, 2.24) is 9.62 Å². The van der Waals surface area contributed by atoms with Crippen molar-refractivity contribution >= 4 is 10.0 Å². The molecule has 0 saturated carbocycles. The molecule has 4 nitrogen and oxygen atoms in total. The Morgan fingerprint density at radius 1 is 1.37 bits per heavy atom. The van der Waals surface area contributed by atoms with Crippen LogP contribution in [0.5, 0.6) is 0 Å². The largest absolute Gasteiger partial charge is 0.311 e. The summed E-state index contributed by atoms with van der Waals surface area (Å²) in [5.74, 6) is 0. The van der Waals surface area contributed by atoms with E-state index in [2.05, 4.69) is 5.32 Å². The third-order valence-electron chi connectivity index (χ3n) is 3.89. The monoisotopic (exact) mass is 282 g/mol. The molecule has 1 N–H and O–H groups in total. The second-order valence-corrected chi connectivity index (χ2v) is 6.99. The van der Waals surface area contributed by atoms with Gasteiger partial charge in [-0.25, -0.2) is 8.42 Å². The first-order valence-corrected chi connectivity index (χ1v) is 8.25. The van der Waals surface area contributed by atoms with Gasteiger partial charge in [0, 0.05) is 25.2 Å². The number of sulfonamides is 1. The van der Waals surface area contributed by atoms with E-state index in [0.29, 0.717) is 18.0 Å². The van der Waals surface area contributed by atoms with Gasteiger partial charge in [0.15, 0.2) is 0 Å². The van der Waals surface area contributed by atoms with Gasteiger partial charge in [0.1, 0.15) is 0 Å². The van der Waals surface area contributed by atoms with E-state index >= 15 is 0 Å². The molecule has 1 fully saturated rings. The van der Waals surface area contributed by atoms with Crippen molar-refractivity contribution in [2.45, 2.75) is 44.2 Å². The summed E-state index contributed by atoms with van der Waals surface area (Å²) in [5.41, 5.74) is 1.05. The summed E-state index contributed by atoms with van der Waals surface area (Å²) in [7, 11) is -3.38. The maximum atomic E-state index is 12.7. The fourth-order valence-electron chi connectivity index (χ4n) is 2.43. The van der Waals surface area contributed by atoms with Crippen LogP contribution in [-0.2, 0) is 16.4 Å². The first-order chi connectivity index (χ1) is 8.96. The number of hydrogen-bond donors (Lipinski definition) is 1. The molecule has 0 radical (unpaired) electrons. The number of rotatable bonds is 3. The Labute approximate surface area is 115 Å². The van der Waals surface area contributed by atoms with Crippen molar-refractivity contribution in [2.24, 2.45) is 0 Å². The summed E-state index contributed by atoms with van der Waals surface area (Å²) in [6, 6.07) is 7.41. The summed E-state index contributed by atoms with van der Waals surface area (Å²) >= 11 is 0. The van der Waals surface area contributed by atoms with Crippen molar-refractivity contribution in [3.05, 3.63) is 29.8 Å². The zero-order valence-corrected chi connectivity index (χ0v) is 12.6. The van der Waals surface area contributed by atoms with Crippen molar-refractivity contribution in [3.63, 3.8) is 0 Å². The third-order valence-corrected chi connectivity index (χ3v) is 5.87. The summed E-state index contributed by atoms with van der Waals surface area (Å²) in [6.07, 6.45) is 0.844. The molecular formula is C14H22N2O2S. The highest BCUT2D eigenvalue weighted by atomic mass is 32.2. The Morgan fingerprint density at radius 3 is 2.79 bits per heavy atom. The molecule has 106 valence electrons. The van der Waals surface area contributed by atoms with Gasteiger partial charge in [-0.3, -0.25) is 0 Å². The molecule has 1 aromatic carbocycles. The molecule has 2 unspecified atom stereocenters. The molecule has 1 aliphatic rings. The van der Waals surface area contributed by atoms with E-state index in [1.807, 2.05) is 32.9 Å². The van der Waals surface area contributed by atoms with Crippen LogP contribution in [0.25, 0.3) is 0 Å². The van der Waals surface area contributed by atoms with Gasteiger partial charge in [0.25, 0.3) is 0 Å². The number of nitrogens with one attached hydrogen (secondary N) is 1. The van der Waals surface area contributed by atoms with E-state index in [1.54, 1.807) is 16.4 Å². The number of hydrogen-bond acceptors (Lipinski definition) is 3. The van der Waals surface area contributed by atoms with Crippen molar-refractivity contribution in [1.29, 1.82) is 0 Å². The minimum atomic E-state index is -3.38. The molecule has 0 aromatic heterocycles. The first kappa shape index (κ1) is 14.5. The number of piperazine rings is 1. The molecule has 0 bridgehead atoms. The predicted molar refractivity (Wildman–Crippen MR) is 76.6 cm³/mol. The van der Waals surface area contributed by atoms with Gasteiger partial charge in [-0.2, -0.15) is 4.31 Å². The molecule has 0 amide bonds. The lowest BCUT2D eigenvalue weighted by Gasteiger charge is -2.37. The van der Waals surface area contributed by atoms with Gasteiger partial charge in [0.2, 0.25) is 10.0 Å². The van der Waals surface area contributed by atoms with Crippen LogP contribution in [-0.4, -0.2) is 37.9 Å². The fraction of sp³-hybridized carbons (Fsp3) is 0.571. The fourth-order valence-corrected chi connectivity index (χ4v) is 4.20. The number of aryl methyl sites for hydroxylation is 1. The Hall–Kier alpha value is -0.910. The van der Waals surface area contributed by atoms with Crippen LogP contribution in [0.4, 0.5) is 0 Å². The highest BCUT2D eigenvalue weighted by Crippen LogP contribution is 2.22. The summed E-state index contributed by atoms with van der Waals surface area (Å²) in [6.45, 7) is 7.25. The van der Waals surface area contributed by atoms with Gasteiger partial charge < -0.3 is 5.32 Å². The molecule has 2 atom stereocenters. The third kappa shape index (κ3) is 2.83. The Balaban J connectivity index is 2.35. The molecule has 0 spiro atoms. The van der Waals surface area contributed by atoms with Crippen LogP contribution in [0.3, 0.4) is 0 Å². The minimum Gasteiger partial charge on any atom is -0.311 e. The lowest BCUT2D eigenvalue weighted by atomic mass is 10.1. The second-order valence-electron chi connectivity index (χ2n) is 5.10. The quantitative estimate of drug-likeness (QED) is 0.916. The Kier molecular flexibility index (Phi) is 4.28. The van der Waals surface area contributed by atoms with E-state index in [9.17, 15) is 8.42 Å². The average molecular weight is 282 g/mol. The molecule has 5 heteroatoms. The van der Waals surface area contributed by atoms with E-state index in [0.717, 1.165) is 12.0 Å². The molecular weight excluding hydrogens is 260 g/mol. The highest BCUT2D eigenvalue weighted by Gasteiger charge is 2.34. The highest BCUT2D eigenvalue weighted by molar-refractivity contribution is 7.89. The van der Waals surface area contributed by atoms with E-state index < -0.39 is 10.0 Å². The second kappa shape index (κ2) is 5.61. The standard InChI is InChI=1S/C14H22N2O2S/c1-4-13-6-5-7-14(10-13)19(17,18)16-9-8-15-11(2)12(16)3/h5-7,10-12,15H,4,8-9H2,1-3H3. The van der Waals surface area contributed by atoms with Crippen LogP contribution >= 0.6 is 0 Å². The molecule has 2 rings (SSSR count). The molecule has 1 heterocycles.